The molecule has 0 spiro atoms. The van der Waals surface area contributed by atoms with Crippen LogP contribution in [-0.2, 0) is 9.59 Å². The summed E-state index contributed by atoms with van der Waals surface area (Å²) < 4.78 is 0. The van der Waals surface area contributed by atoms with E-state index in [1.807, 2.05) is 0 Å². The number of hydrogen-bond donors (Lipinski definition) is 10. The molecule has 160 valence electrons. The van der Waals surface area contributed by atoms with Crippen LogP contribution in [-0.4, -0.2) is 149 Å². The molecule has 0 amide bonds. The quantitative estimate of drug-likeness (QED) is 0.122. The van der Waals surface area contributed by atoms with E-state index in [0.717, 1.165) is 0 Å². The van der Waals surface area contributed by atoms with Gasteiger partial charge in [0, 0.05) is 0 Å². The predicted molar refractivity (Wildman–Crippen MR) is 80.8 cm³/mol. The third-order valence-electron chi connectivity index (χ3n) is 2.99. The summed E-state index contributed by atoms with van der Waals surface area (Å²) in [5, 5.41) is 107. The van der Waals surface area contributed by atoms with Gasteiger partial charge in [0.2, 0.25) is 0 Å². The Kier molecular flexibility index (Phi) is 17.6. The summed E-state index contributed by atoms with van der Waals surface area (Å²) >= 11 is 0. The van der Waals surface area contributed by atoms with Gasteiger partial charge >= 0.3 is 23.9 Å². The van der Waals surface area contributed by atoms with Gasteiger partial charge in [0.1, 0.15) is 48.8 Å². The fourth-order valence-corrected chi connectivity index (χ4v) is 1.32. The summed E-state index contributed by atoms with van der Waals surface area (Å²) in [6.45, 7) is -1.73. The summed E-state index contributed by atoms with van der Waals surface area (Å²) in [6.07, 6.45) is -16.2. The second-order valence-electron chi connectivity index (χ2n) is 4.99. The van der Waals surface area contributed by atoms with Gasteiger partial charge in [-0.05, 0) is 0 Å². The third kappa shape index (κ3) is 11.1. The molecule has 0 aromatic heterocycles. The van der Waals surface area contributed by atoms with Crippen LogP contribution < -0.4 is 10.2 Å². The van der Waals surface area contributed by atoms with Crippen molar-refractivity contribution in [1.29, 1.82) is 0 Å². The SMILES string of the molecule is O=C([O-])[C@H](O)[C@@H](O)[C@H](O)[C@H](O)CO.O=C([O-])[C@H](O)[C@@H](O)[C@H](O)[C@H](O)CO.[SnH2+2]. The maximum atomic E-state index is 9.98. The normalized spacial score (nSPS) is 19.6. The van der Waals surface area contributed by atoms with E-state index in [4.69, 9.17) is 51.1 Å². The second-order valence-corrected chi connectivity index (χ2v) is 4.99. The minimum atomic E-state index is -2.31. The fourth-order valence-electron chi connectivity index (χ4n) is 1.32. The number of aliphatic hydroxyl groups is 10. The second kappa shape index (κ2) is 15.3. The Morgan fingerprint density at radius 2 is 0.815 bits per heavy atom. The zero-order chi connectivity index (χ0) is 21.2. The van der Waals surface area contributed by atoms with Crippen molar-refractivity contribution >= 4 is 35.8 Å². The van der Waals surface area contributed by atoms with E-state index in [0.29, 0.717) is 0 Å². The van der Waals surface area contributed by atoms with Crippen LogP contribution in [0.4, 0.5) is 0 Å². The molecule has 0 aromatic rings. The molecule has 14 nitrogen and oxygen atoms in total. The number of carboxylic acids is 2. The van der Waals surface area contributed by atoms with E-state index in [2.05, 4.69) is 0 Å². The predicted octanol–water partition coefficient (Wildman–Crippen LogP) is -10.6. The average Bonchev–Trinajstić information content (AvgIpc) is 2.62. The molecule has 0 saturated heterocycles. The molecule has 27 heavy (non-hydrogen) atoms. The van der Waals surface area contributed by atoms with Gasteiger partial charge in [-0.15, -0.1) is 0 Å². The number of aliphatic hydroxyl groups excluding tert-OH is 10. The molecule has 0 aliphatic rings. The number of hydrogen-bond acceptors (Lipinski definition) is 14. The Morgan fingerprint density at radius 1 is 0.593 bits per heavy atom. The number of carbonyl (C=O) groups excluding carboxylic acids is 2. The summed E-state index contributed by atoms with van der Waals surface area (Å²) in [6, 6.07) is 0. The Morgan fingerprint density at radius 3 is 0.963 bits per heavy atom. The van der Waals surface area contributed by atoms with Gasteiger partial charge in [-0.3, -0.25) is 0 Å². The maximum absolute atomic E-state index is 9.98. The van der Waals surface area contributed by atoms with Crippen molar-refractivity contribution in [2.45, 2.75) is 48.8 Å². The standard InChI is InChI=1S/2C6H12O7.Sn.2H/c2*7-1-2(8)3(9)4(10)5(11)6(12)13;;;/h2*2-5,7-11H,1H2,(H,12,13);;;/q;;+2;;/p-2/t2*2-,3-,4+,5-;;;/m11.../s1. The first-order chi connectivity index (χ1) is 11.8. The first kappa shape index (κ1) is 31.0. The summed E-state index contributed by atoms with van der Waals surface area (Å²) in [5.74, 6) is -3.95. The molecule has 0 heterocycles. The zero-order valence-corrected chi connectivity index (χ0v) is 17.9. The van der Waals surface area contributed by atoms with Gasteiger partial charge < -0.3 is 70.9 Å². The van der Waals surface area contributed by atoms with Gasteiger partial charge in [0.25, 0.3) is 0 Å². The van der Waals surface area contributed by atoms with Gasteiger partial charge in [-0.25, -0.2) is 0 Å². The van der Waals surface area contributed by atoms with Gasteiger partial charge in [0.15, 0.2) is 0 Å². The van der Waals surface area contributed by atoms with Crippen molar-refractivity contribution < 1.29 is 70.9 Å². The third-order valence-corrected chi connectivity index (χ3v) is 2.99. The van der Waals surface area contributed by atoms with Crippen LogP contribution in [0.2, 0.25) is 0 Å². The molecule has 15 heteroatoms. The Labute approximate surface area is 169 Å². The van der Waals surface area contributed by atoms with E-state index in [-0.39, 0.29) is 23.9 Å². The molecule has 0 aliphatic heterocycles. The zero-order valence-electron chi connectivity index (χ0n) is 13.8. The Bertz CT molecular complexity index is 385. The van der Waals surface area contributed by atoms with Crippen LogP contribution in [0.1, 0.15) is 0 Å². The van der Waals surface area contributed by atoms with E-state index in [1.165, 1.54) is 0 Å². The first-order valence-electron chi connectivity index (χ1n) is 6.91. The minimum absolute atomic E-state index is 0. The average molecular weight is 511 g/mol. The van der Waals surface area contributed by atoms with Crippen molar-refractivity contribution in [2.75, 3.05) is 13.2 Å². The van der Waals surface area contributed by atoms with Crippen LogP contribution in [0.15, 0.2) is 0 Å². The van der Waals surface area contributed by atoms with E-state index in [9.17, 15) is 19.8 Å². The topological polar surface area (TPSA) is 283 Å². The van der Waals surface area contributed by atoms with Gasteiger partial charge in [0.05, 0.1) is 25.2 Å². The van der Waals surface area contributed by atoms with Crippen LogP contribution in [0.5, 0.6) is 0 Å². The van der Waals surface area contributed by atoms with Gasteiger partial charge in [-0.2, -0.15) is 0 Å². The summed E-state index contributed by atoms with van der Waals surface area (Å²) in [5.41, 5.74) is 0. The molecular weight excluding hydrogens is 487 g/mol. The number of rotatable bonds is 10. The molecule has 0 bridgehead atoms. The molecule has 0 aromatic carbocycles. The molecule has 0 rings (SSSR count). The molecule has 0 unspecified atom stereocenters. The van der Waals surface area contributed by atoms with Crippen LogP contribution in [0.3, 0.4) is 0 Å². The number of carbonyl (C=O) groups is 2. The van der Waals surface area contributed by atoms with Crippen LogP contribution in [0.25, 0.3) is 0 Å². The van der Waals surface area contributed by atoms with E-state index < -0.39 is 74.0 Å². The van der Waals surface area contributed by atoms with Crippen LogP contribution >= 0.6 is 0 Å². The van der Waals surface area contributed by atoms with Crippen molar-refractivity contribution in [1.82, 2.24) is 0 Å². The van der Waals surface area contributed by atoms with Gasteiger partial charge in [-0.1, -0.05) is 0 Å². The molecule has 10 N–H and O–H groups in total. The molecule has 0 radical (unpaired) electrons. The van der Waals surface area contributed by atoms with Crippen molar-refractivity contribution in [3.05, 3.63) is 0 Å². The van der Waals surface area contributed by atoms with Crippen molar-refractivity contribution in [3.63, 3.8) is 0 Å². The molecule has 0 fully saturated rings. The summed E-state index contributed by atoms with van der Waals surface area (Å²) in [7, 11) is 0. The first-order valence-corrected chi connectivity index (χ1v) is 6.91. The molecular formula is C12H24O14Sn. The Balaban J connectivity index is -0.000000411. The monoisotopic (exact) mass is 512 g/mol. The van der Waals surface area contributed by atoms with E-state index >= 15 is 0 Å². The molecule has 0 aliphatic carbocycles. The van der Waals surface area contributed by atoms with E-state index in [1.54, 1.807) is 0 Å². The van der Waals surface area contributed by atoms with Crippen molar-refractivity contribution in [2.24, 2.45) is 0 Å². The fraction of sp³-hybridized carbons (Fsp3) is 0.833. The summed E-state index contributed by atoms with van der Waals surface area (Å²) in [4.78, 5) is 20.0. The Hall–Kier alpha value is -0.661. The van der Waals surface area contributed by atoms with Crippen LogP contribution in [0, 0.1) is 0 Å². The molecule has 0 saturated carbocycles. The number of carboxylic acid groups (broad SMARTS) is 2. The van der Waals surface area contributed by atoms with Crippen molar-refractivity contribution in [3.8, 4) is 0 Å². The number of aliphatic carboxylic acids is 2. The molecule has 8 atom stereocenters.